The summed E-state index contributed by atoms with van der Waals surface area (Å²) in [4.78, 5) is 15.3. The van der Waals surface area contributed by atoms with E-state index in [4.69, 9.17) is 0 Å². The predicted molar refractivity (Wildman–Crippen MR) is 94.1 cm³/mol. The van der Waals surface area contributed by atoms with Gasteiger partial charge in [-0.05, 0) is 53.5 Å². The Balaban J connectivity index is 1.70. The molecule has 3 rings (SSSR count). The summed E-state index contributed by atoms with van der Waals surface area (Å²) >= 11 is 1.34. The van der Waals surface area contributed by atoms with Gasteiger partial charge in [-0.1, -0.05) is 16.6 Å². The van der Waals surface area contributed by atoms with Crippen LogP contribution in [0.15, 0.2) is 54.7 Å². The van der Waals surface area contributed by atoms with Gasteiger partial charge in [0.15, 0.2) is 0 Å². The van der Waals surface area contributed by atoms with Crippen LogP contribution in [0.1, 0.15) is 10.4 Å². The zero-order valence-electron chi connectivity index (χ0n) is 12.9. The maximum atomic E-state index is 12.3. The fraction of sp³-hybridized carbons (Fsp3) is 0.118. The van der Waals surface area contributed by atoms with Gasteiger partial charge in [-0.3, -0.25) is 4.79 Å². The molecule has 1 aromatic heterocycles. The number of hydrogen-bond donors (Lipinski definition) is 1. The first-order valence-corrected chi connectivity index (χ1v) is 7.87. The minimum Gasteiger partial charge on any atom is -0.378 e. The van der Waals surface area contributed by atoms with E-state index in [1.165, 1.54) is 11.5 Å². The van der Waals surface area contributed by atoms with Crippen molar-refractivity contribution in [1.82, 2.24) is 9.59 Å². The highest BCUT2D eigenvalue weighted by atomic mass is 32.1. The van der Waals surface area contributed by atoms with Crippen LogP contribution in [0.3, 0.4) is 0 Å². The largest absolute Gasteiger partial charge is 0.378 e. The maximum Gasteiger partial charge on any atom is 0.255 e. The van der Waals surface area contributed by atoms with Gasteiger partial charge in [0.25, 0.3) is 5.91 Å². The zero-order valence-corrected chi connectivity index (χ0v) is 13.7. The van der Waals surface area contributed by atoms with E-state index in [2.05, 4.69) is 14.9 Å². The fourth-order valence-electron chi connectivity index (χ4n) is 2.13. The molecule has 0 saturated carbocycles. The molecule has 0 unspecified atom stereocenters. The number of anilines is 2. The molecule has 0 atom stereocenters. The summed E-state index contributed by atoms with van der Waals surface area (Å²) in [6, 6.07) is 15.1. The summed E-state index contributed by atoms with van der Waals surface area (Å²) in [6.07, 6.45) is 1.73. The third-order valence-electron chi connectivity index (χ3n) is 3.43. The number of hydrogen-bond acceptors (Lipinski definition) is 5. The van der Waals surface area contributed by atoms with Crippen molar-refractivity contribution >= 4 is 28.8 Å². The van der Waals surface area contributed by atoms with Crippen molar-refractivity contribution in [2.45, 2.75) is 0 Å². The van der Waals surface area contributed by atoms with Gasteiger partial charge in [-0.2, -0.15) is 0 Å². The summed E-state index contributed by atoms with van der Waals surface area (Å²) in [6.45, 7) is 0. The standard InChI is InChI=1S/C17H16N4OS/c1-21(2)15-9-5-13(6-10-15)17(22)19-14-7-3-12(4-8-14)16-11-18-20-23-16/h3-11H,1-2H3,(H,19,22). The minimum atomic E-state index is -0.123. The first kappa shape index (κ1) is 15.2. The Kier molecular flexibility index (Phi) is 4.34. The number of rotatable bonds is 4. The van der Waals surface area contributed by atoms with Crippen molar-refractivity contribution in [2.75, 3.05) is 24.3 Å². The first-order chi connectivity index (χ1) is 11.1. The quantitative estimate of drug-likeness (QED) is 0.798. The van der Waals surface area contributed by atoms with Crippen LogP contribution in [-0.4, -0.2) is 29.6 Å². The average Bonchev–Trinajstić information content (AvgIpc) is 3.10. The molecule has 116 valence electrons. The Morgan fingerprint density at radius 2 is 1.74 bits per heavy atom. The smallest absolute Gasteiger partial charge is 0.255 e. The Hall–Kier alpha value is -2.73. The summed E-state index contributed by atoms with van der Waals surface area (Å²) < 4.78 is 3.85. The monoisotopic (exact) mass is 324 g/mol. The van der Waals surface area contributed by atoms with Gasteiger partial charge in [0.05, 0.1) is 11.1 Å². The molecule has 1 amide bonds. The summed E-state index contributed by atoms with van der Waals surface area (Å²) in [7, 11) is 3.94. The van der Waals surface area contributed by atoms with E-state index in [1.54, 1.807) is 6.20 Å². The van der Waals surface area contributed by atoms with Crippen molar-refractivity contribution in [3.05, 3.63) is 60.3 Å². The summed E-state index contributed by atoms with van der Waals surface area (Å²) in [5.41, 5.74) is 3.48. The molecule has 0 bridgehead atoms. The molecule has 6 heteroatoms. The van der Waals surface area contributed by atoms with Gasteiger partial charge in [0.2, 0.25) is 0 Å². The second-order valence-corrected chi connectivity index (χ2v) is 6.04. The van der Waals surface area contributed by atoms with E-state index in [9.17, 15) is 4.79 Å². The van der Waals surface area contributed by atoms with Gasteiger partial charge in [0.1, 0.15) is 0 Å². The second kappa shape index (κ2) is 6.58. The molecule has 5 nitrogen and oxygen atoms in total. The highest BCUT2D eigenvalue weighted by Crippen LogP contribution is 2.23. The van der Waals surface area contributed by atoms with Crippen LogP contribution in [0, 0.1) is 0 Å². The van der Waals surface area contributed by atoms with Crippen LogP contribution in [0.4, 0.5) is 11.4 Å². The second-order valence-electron chi connectivity index (χ2n) is 5.25. The molecule has 1 heterocycles. The van der Waals surface area contributed by atoms with Crippen molar-refractivity contribution in [3.8, 4) is 10.4 Å². The number of carbonyl (C=O) groups excluding carboxylic acids is 1. The van der Waals surface area contributed by atoms with Gasteiger partial charge < -0.3 is 10.2 Å². The number of nitrogens with zero attached hydrogens (tertiary/aromatic N) is 3. The molecule has 3 aromatic rings. The van der Waals surface area contributed by atoms with Crippen LogP contribution < -0.4 is 10.2 Å². The van der Waals surface area contributed by atoms with Crippen LogP contribution in [0.5, 0.6) is 0 Å². The topological polar surface area (TPSA) is 58.1 Å². The number of aromatic nitrogens is 2. The van der Waals surface area contributed by atoms with E-state index >= 15 is 0 Å². The third kappa shape index (κ3) is 3.54. The fourth-order valence-corrected chi connectivity index (χ4v) is 2.64. The van der Waals surface area contributed by atoms with Gasteiger partial charge >= 0.3 is 0 Å². The van der Waals surface area contributed by atoms with Crippen molar-refractivity contribution in [2.24, 2.45) is 0 Å². The molecular weight excluding hydrogens is 308 g/mol. The van der Waals surface area contributed by atoms with Gasteiger partial charge in [0, 0.05) is 31.0 Å². The van der Waals surface area contributed by atoms with Gasteiger partial charge in [-0.25, -0.2) is 0 Å². The molecule has 0 aliphatic heterocycles. The molecular formula is C17H16N4OS. The normalized spacial score (nSPS) is 10.3. The Morgan fingerprint density at radius 3 is 2.30 bits per heavy atom. The number of benzene rings is 2. The van der Waals surface area contributed by atoms with E-state index in [1.807, 2.05) is 67.5 Å². The highest BCUT2D eigenvalue weighted by molar-refractivity contribution is 7.09. The Bertz CT molecular complexity index is 780. The number of nitrogens with one attached hydrogen (secondary N) is 1. The molecule has 0 radical (unpaired) electrons. The molecule has 1 N–H and O–H groups in total. The van der Waals surface area contributed by atoms with Crippen molar-refractivity contribution in [3.63, 3.8) is 0 Å². The van der Waals surface area contributed by atoms with Crippen LogP contribution in [-0.2, 0) is 0 Å². The predicted octanol–water partition coefficient (Wildman–Crippen LogP) is 3.52. The van der Waals surface area contributed by atoms with E-state index in [0.717, 1.165) is 21.8 Å². The molecule has 23 heavy (non-hydrogen) atoms. The molecule has 0 fully saturated rings. The third-order valence-corrected chi connectivity index (χ3v) is 4.15. The maximum absolute atomic E-state index is 12.3. The summed E-state index contributed by atoms with van der Waals surface area (Å²) in [5.74, 6) is -0.123. The zero-order chi connectivity index (χ0) is 16.2. The summed E-state index contributed by atoms with van der Waals surface area (Å²) in [5, 5.41) is 6.72. The van der Waals surface area contributed by atoms with Crippen LogP contribution >= 0.6 is 11.5 Å². The first-order valence-electron chi connectivity index (χ1n) is 7.10. The van der Waals surface area contributed by atoms with Gasteiger partial charge in [-0.15, -0.1) is 5.10 Å². The lowest BCUT2D eigenvalue weighted by molar-refractivity contribution is 0.102. The Labute approximate surface area is 138 Å². The SMILES string of the molecule is CN(C)c1ccc(C(=O)Nc2ccc(-c3cnns3)cc2)cc1. The van der Waals surface area contributed by atoms with Crippen LogP contribution in [0.25, 0.3) is 10.4 Å². The van der Waals surface area contributed by atoms with Crippen LogP contribution in [0.2, 0.25) is 0 Å². The lowest BCUT2D eigenvalue weighted by Crippen LogP contribution is -2.13. The lowest BCUT2D eigenvalue weighted by Gasteiger charge is -2.12. The molecule has 0 saturated heterocycles. The van der Waals surface area contributed by atoms with Crippen molar-refractivity contribution in [1.29, 1.82) is 0 Å². The van der Waals surface area contributed by atoms with E-state index in [0.29, 0.717) is 5.56 Å². The molecule has 0 aliphatic rings. The molecule has 2 aromatic carbocycles. The number of amides is 1. The van der Waals surface area contributed by atoms with E-state index in [-0.39, 0.29) is 5.91 Å². The number of carbonyl (C=O) groups is 1. The Morgan fingerprint density at radius 1 is 1.04 bits per heavy atom. The molecule has 0 spiro atoms. The molecule has 0 aliphatic carbocycles. The van der Waals surface area contributed by atoms with Crippen molar-refractivity contribution < 1.29 is 4.79 Å². The lowest BCUT2D eigenvalue weighted by atomic mass is 10.1. The average molecular weight is 324 g/mol. The van der Waals surface area contributed by atoms with E-state index < -0.39 is 0 Å². The minimum absolute atomic E-state index is 0.123. The highest BCUT2D eigenvalue weighted by Gasteiger charge is 2.07.